The van der Waals surface area contributed by atoms with Crippen molar-refractivity contribution in [2.45, 2.75) is 99.5 Å². The predicted octanol–water partition coefficient (Wildman–Crippen LogP) is 8.15. The number of hydrogen-bond donors (Lipinski definition) is 0. The highest BCUT2D eigenvalue weighted by Crippen LogP contribution is 2.66. The summed E-state index contributed by atoms with van der Waals surface area (Å²) >= 11 is 0. The van der Waals surface area contributed by atoms with Gasteiger partial charge in [0, 0.05) is 6.92 Å². The minimum Gasteiger partial charge on any atom is -0.458 e. The van der Waals surface area contributed by atoms with Gasteiger partial charge in [-0.15, -0.1) is 0 Å². The number of carbonyl (C=O) groups is 1. The van der Waals surface area contributed by atoms with Gasteiger partial charge in [0.1, 0.15) is 6.10 Å². The number of rotatable bonds is 6. The van der Waals surface area contributed by atoms with Gasteiger partial charge >= 0.3 is 5.97 Å². The number of allylic oxidation sites excluding steroid dienone is 5. The molecule has 0 N–H and O–H groups in total. The predicted molar refractivity (Wildman–Crippen MR) is 138 cm³/mol. The van der Waals surface area contributed by atoms with Crippen LogP contribution in [0.4, 0.5) is 0 Å². The Bertz CT molecular complexity index is 819. The van der Waals surface area contributed by atoms with Crippen LogP contribution in [0.1, 0.15) is 93.4 Å². The molecule has 0 aromatic carbocycles. The lowest BCUT2D eigenvalue weighted by atomic mass is 9.48. The third-order valence-corrected chi connectivity index (χ3v) is 10.6. The fourth-order valence-electron chi connectivity index (χ4n) is 8.62. The smallest absolute Gasteiger partial charge is 0.303 e. The van der Waals surface area contributed by atoms with Crippen LogP contribution in [0.5, 0.6) is 0 Å². The van der Waals surface area contributed by atoms with E-state index in [9.17, 15) is 4.79 Å². The maximum atomic E-state index is 11.5. The van der Waals surface area contributed by atoms with Crippen molar-refractivity contribution in [1.29, 1.82) is 0 Å². The van der Waals surface area contributed by atoms with Gasteiger partial charge in [-0.1, -0.05) is 65.8 Å². The van der Waals surface area contributed by atoms with E-state index in [1.165, 1.54) is 44.6 Å². The molecule has 0 aromatic heterocycles. The summed E-state index contributed by atoms with van der Waals surface area (Å²) in [6, 6.07) is 0. The normalized spacial score (nSPS) is 41.8. The van der Waals surface area contributed by atoms with E-state index in [1.807, 2.05) is 0 Å². The molecule has 0 spiro atoms. The Kier molecular flexibility index (Phi) is 7.05. The molecule has 0 heterocycles. The molecule has 184 valence electrons. The van der Waals surface area contributed by atoms with E-state index in [-0.39, 0.29) is 17.5 Å². The van der Waals surface area contributed by atoms with Crippen molar-refractivity contribution >= 4 is 5.97 Å². The second kappa shape index (κ2) is 9.38. The standard InChI is InChI=1S/C31H48O2/c1-8-23(20(2)3)10-9-21(4)27-13-14-28-26-12-11-24-19-25(33-22(5)32)15-17-30(24,6)29(26)16-18-31(27,28)7/h9-12,19-21,23,25-29H,8,13-18H2,1-7H3/b10-9+/t21-,23+,25+,26+,27-,28+,29+,30+,31-/m1/s1. The van der Waals surface area contributed by atoms with E-state index in [1.54, 1.807) is 0 Å². The third kappa shape index (κ3) is 4.41. The first kappa shape index (κ1) is 24.8. The molecule has 2 nitrogen and oxygen atoms in total. The Morgan fingerprint density at radius 2 is 1.85 bits per heavy atom. The van der Waals surface area contributed by atoms with Gasteiger partial charge in [0.05, 0.1) is 0 Å². The quantitative estimate of drug-likeness (QED) is 0.300. The largest absolute Gasteiger partial charge is 0.458 e. The zero-order chi connectivity index (χ0) is 24.0. The fourth-order valence-corrected chi connectivity index (χ4v) is 8.62. The summed E-state index contributed by atoms with van der Waals surface area (Å²) in [4.78, 5) is 11.5. The molecule has 0 amide bonds. The van der Waals surface area contributed by atoms with Gasteiger partial charge in [-0.25, -0.2) is 0 Å². The van der Waals surface area contributed by atoms with Crippen LogP contribution < -0.4 is 0 Å². The molecule has 0 unspecified atom stereocenters. The summed E-state index contributed by atoms with van der Waals surface area (Å²) in [6.07, 6.45) is 21.1. The summed E-state index contributed by atoms with van der Waals surface area (Å²) in [6.45, 7) is 16.2. The Morgan fingerprint density at radius 1 is 1.09 bits per heavy atom. The van der Waals surface area contributed by atoms with Crippen LogP contribution in [0.2, 0.25) is 0 Å². The number of fused-ring (bicyclic) bond motifs is 5. The fraction of sp³-hybridized carbons (Fsp3) is 0.774. The molecule has 0 radical (unpaired) electrons. The number of esters is 1. The Balaban J connectivity index is 1.53. The average Bonchev–Trinajstić information content (AvgIpc) is 3.11. The molecular weight excluding hydrogens is 404 g/mol. The van der Waals surface area contributed by atoms with Crippen molar-refractivity contribution in [2.75, 3.05) is 0 Å². The molecule has 0 bridgehead atoms. The molecular formula is C31H48O2. The second-order valence-electron chi connectivity index (χ2n) is 12.7. The van der Waals surface area contributed by atoms with Gasteiger partial charge in [0.15, 0.2) is 0 Å². The summed E-state index contributed by atoms with van der Waals surface area (Å²) in [5.41, 5.74) is 2.13. The first-order valence-corrected chi connectivity index (χ1v) is 13.9. The van der Waals surface area contributed by atoms with E-state index >= 15 is 0 Å². The molecule has 0 aromatic rings. The van der Waals surface area contributed by atoms with Crippen LogP contribution >= 0.6 is 0 Å². The first-order valence-electron chi connectivity index (χ1n) is 13.9. The van der Waals surface area contributed by atoms with Crippen molar-refractivity contribution < 1.29 is 9.53 Å². The van der Waals surface area contributed by atoms with E-state index in [0.29, 0.717) is 23.2 Å². The molecule has 2 heteroatoms. The van der Waals surface area contributed by atoms with Crippen LogP contribution in [0.3, 0.4) is 0 Å². The zero-order valence-electron chi connectivity index (χ0n) is 22.3. The number of carbonyl (C=O) groups excluding carboxylic acids is 1. The molecule has 4 rings (SSSR count). The van der Waals surface area contributed by atoms with Crippen LogP contribution in [0, 0.1) is 52.3 Å². The van der Waals surface area contributed by atoms with Crippen molar-refractivity contribution in [1.82, 2.24) is 0 Å². The third-order valence-electron chi connectivity index (χ3n) is 10.6. The van der Waals surface area contributed by atoms with Crippen LogP contribution in [0.15, 0.2) is 36.0 Å². The highest BCUT2D eigenvalue weighted by atomic mass is 16.5. The van der Waals surface area contributed by atoms with Crippen LogP contribution in [-0.2, 0) is 9.53 Å². The van der Waals surface area contributed by atoms with Crippen molar-refractivity contribution in [2.24, 2.45) is 52.3 Å². The van der Waals surface area contributed by atoms with Gasteiger partial charge in [0.2, 0.25) is 0 Å². The Morgan fingerprint density at radius 3 is 2.52 bits per heavy atom. The maximum absolute atomic E-state index is 11.5. The number of ether oxygens (including phenoxy) is 1. The lowest BCUT2D eigenvalue weighted by Gasteiger charge is -2.57. The van der Waals surface area contributed by atoms with Gasteiger partial charge in [-0.3, -0.25) is 4.79 Å². The van der Waals surface area contributed by atoms with Gasteiger partial charge in [-0.2, -0.15) is 0 Å². The minimum atomic E-state index is -0.162. The van der Waals surface area contributed by atoms with Crippen molar-refractivity contribution in [3.05, 3.63) is 36.0 Å². The van der Waals surface area contributed by atoms with E-state index in [4.69, 9.17) is 4.74 Å². The Labute approximate surface area is 203 Å². The monoisotopic (exact) mass is 452 g/mol. The molecule has 4 aliphatic carbocycles. The Hall–Kier alpha value is -1.31. The average molecular weight is 453 g/mol. The van der Waals surface area contributed by atoms with Crippen LogP contribution in [-0.4, -0.2) is 12.1 Å². The van der Waals surface area contributed by atoms with E-state index in [0.717, 1.165) is 36.5 Å². The minimum absolute atomic E-state index is 0.0399. The summed E-state index contributed by atoms with van der Waals surface area (Å²) in [5, 5.41) is 0. The topological polar surface area (TPSA) is 26.3 Å². The van der Waals surface area contributed by atoms with Crippen molar-refractivity contribution in [3.8, 4) is 0 Å². The molecule has 0 aliphatic heterocycles. The molecule has 9 atom stereocenters. The molecule has 2 saturated carbocycles. The first-order chi connectivity index (χ1) is 15.6. The lowest BCUT2D eigenvalue weighted by molar-refractivity contribution is -0.145. The highest BCUT2D eigenvalue weighted by Gasteiger charge is 2.58. The maximum Gasteiger partial charge on any atom is 0.303 e. The van der Waals surface area contributed by atoms with Gasteiger partial charge in [-0.05, 0) is 109 Å². The lowest BCUT2D eigenvalue weighted by Crippen LogP contribution is -2.49. The van der Waals surface area contributed by atoms with Gasteiger partial charge in [0.25, 0.3) is 0 Å². The molecule has 4 aliphatic rings. The number of hydrogen-bond acceptors (Lipinski definition) is 2. The van der Waals surface area contributed by atoms with E-state index in [2.05, 4.69) is 71.9 Å². The highest BCUT2D eigenvalue weighted by molar-refractivity contribution is 5.66. The molecule has 0 saturated heterocycles. The second-order valence-corrected chi connectivity index (χ2v) is 12.7. The van der Waals surface area contributed by atoms with Crippen LogP contribution in [0.25, 0.3) is 0 Å². The molecule has 33 heavy (non-hydrogen) atoms. The zero-order valence-corrected chi connectivity index (χ0v) is 22.3. The van der Waals surface area contributed by atoms with Gasteiger partial charge < -0.3 is 4.74 Å². The SMILES string of the molecule is CC[C@@H](/C=C/[C@@H](C)[C@H]1CC[C@H]2[C@@H]3C=CC4=C[C@@H](OC(C)=O)CC[C@]4(C)[C@H]3CC[C@]12C)C(C)C. The summed E-state index contributed by atoms with van der Waals surface area (Å²) in [7, 11) is 0. The molecule has 2 fully saturated rings. The summed E-state index contributed by atoms with van der Waals surface area (Å²) in [5.74, 6) is 5.00. The summed E-state index contributed by atoms with van der Waals surface area (Å²) < 4.78 is 5.55. The van der Waals surface area contributed by atoms with Crippen molar-refractivity contribution in [3.63, 3.8) is 0 Å². The van der Waals surface area contributed by atoms with E-state index < -0.39 is 0 Å².